The lowest BCUT2D eigenvalue weighted by Crippen LogP contribution is -2.28. The predicted molar refractivity (Wildman–Crippen MR) is 70.8 cm³/mol. The van der Waals surface area contributed by atoms with Crippen LogP contribution >= 0.6 is 15.9 Å². The van der Waals surface area contributed by atoms with Crippen molar-refractivity contribution in [2.45, 2.75) is 18.8 Å². The molecule has 1 aliphatic heterocycles. The van der Waals surface area contributed by atoms with Crippen LogP contribution in [0.4, 0.5) is 0 Å². The Morgan fingerprint density at radius 2 is 2.25 bits per heavy atom. The first-order valence-corrected chi connectivity index (χ1v) is 6.61. The van der Waals surface area contributed by atoms with Gasteiger partial charge in [0.1, 0.15) is 0 Å². The lowest BCUT2D eigenvalue weighted by atomic mass is 9.91. The molecule has 1 aromatic carbocycles. The first kappa shape index (κ1) is 10.4. The standard InChI is InChI=1S/C13H15BrN2/c14-10-3-4-13-11(6-10)12(8-16-13)9-2-1-5-15-7-9/h3-4,6,8-9,15-16H,1-2,5,7H2. The van der Waals surface area contributed by atoms with Crippen molar-refractivity contribution < 1.29 is 0 Å². The molecule has 0 radical (unpaired) electrons. The topological polar surface area (TPSA) is 27.8 Å². The Kier molecular flexibility index (Phi) is 2.74. The highest BCUT2D eigenvalue weighted by atomic mass is 79.9. The lowest BCUT2D eigenvalue weighted by Gasteiger charge is -2.22. The van der Waals surface area contributed by atoms with Crippen LogP contribution in [-0.2, 0) is 0 Å². The molecule has 84 valence electrons. The third-order valence-electron chi connectivity index (χ3n) is 3.41. The van der Waals surface area contributed by atoms with Crippen molar-refractivity contribution >= 4 is 26.8 Å². The maximum Gasteiger partial charge on any atom is 0.0457 e. The average Bonchev–Trinajstić information content (AvgIpc) is 2.73. The third kappa shape index (κ3) is 1.78. The van der Waals surface area contributed by atoms with Crippen LogP contribution in [-0.4, -0.2) is 18.1 Å². The summed E-state index contributed by atoms with van der Waals surface area (Å²) in [7, 11) is 0. The Hall–Kier alpha value is -0.800. The van der Waals surface area contributed by atoms with E-state index in [4.69, 9.17) is 0 Å². The van der Waals surface area contributed by atoms with Gasteiger partial charge in [0.15, 0.2) is 0 Å². The molecular weight excluding hydrogens is 264 g/mol. The van der Waals surface area contributed by atoms with E-state index in [1.165, 1.54) is 35.9 Å². The first-order chi connectivity index (χ1) is 7.84. The molecule has 1 fully saturated rings. The van der Waals surface area contributed by atoms with Crippen LogP contribution in [0.5, 0.6) is 0 Å². The van der Waals surface area contributed by atoms with Crippen LogP contribution in [0, 0.1) is 0 Å². The Balaban J connectivity index is 2.05. The number of rotatable bonds is 1. The van der Waals surface area contributed by atoms with Gasteiger partial charge >= 0.3 is 0 Å². The fraction of sp³-hybridized carbons (Fsp3) is 0.385. The molecule has 2 N–H and O–H groups in total. The van der Waals surface area contributed by atoms with Gasteiger partial charge in [-0.05, 0) is 49.1 Å². The number of aromatic nitrogens is 1. The summed E-state index contributed by atoms with van der Waals surface area (Å²) in [5, 5.41) is 4.84. The van der Waals surface area contributed by atoms with E-state index in [1.807, 2.05) is 0 Å². The van der Waals surface area contributed by atoms with Crippen LogP contribution in [0.1, 0.15) is 24.3 Å². The highest BCUT2D eigenvalue weighted by molar-refractivity contribution is 9.10. The maximum atomic E-state index is 3.55. The molecule has 0 bridgehead atoms. The number of benzene rings is 1. The molecule has 0 aliphatic carbocycles. The van der Waals surface area contributed by atoms with E-state index in [1.54, 1.807) is 0 Å². The number of H-pyrrole nitrogens is 1. The molecule has 2 heterocycles. The third-order valence-corrected chi connectivity index (χ3v) is 3.91. The van der Waals surface area contributed by atoms with Crippen molar-refractivity contribution in [2.24, 2.45) is 0 Å². The highest BCUT2D eigenvalue weighted by Crippen LogP contribution is 2.31. The van der Waals surface area contributed by atoms with Crippen molar-refractivity contribution in [3.63, 3.8) is 0 Å². The van der Waals surface area contributed by atoms with Gasteiger partial charge in [-0.25, -0.2) is 0 Å². The summed E-state index contributed by atoms with van der Waals surface area (Å²) < 4.78 is 1.16. The first-order valence-electron chi connectivity index (χ1n) is 5.82. The molecule has 1 atom stereocenters. The van der Waals surface area contributed by atoms with E-state index in [-0.39, 0.29) is 0 Å². The van der Waals surface area contributed by atoms with Crippen molar-refractivity contribution in [2.75, 3.05) is 13.1 Å². The number of hydrogen-bond donors (Lipinski definition) is 2. The lowest BCUT2D eigenvalue weighted by molar-refractivity contribution is 0.463. The van der Waals surface area contributed by atoms with E-state index in [0.717, 1.165) is 11.0 Å². The number of halogens is 1. The number of nitrogens with one attached hydrogen (secondary N) is 2. The summed E-state index contributed by atoms with van der Waals surface area (Å²) in [4.78, 5) is 3.36. The highest BCUT2D eigenvalue weighted by Gasteiger charge is 2.18. The zero-order valence-electron chi connectivity index (χ0n) is 9.09. The van der Waals surface area contributed by atoms with Gasteiger partial charge in [0.25, 0.3) is 0 Å². The van der Waals surface area contributed by atoms with Gasteiger partial charge in [0, 0.05) is 28.1 Å². The van der Waals surface area contributed by atoms with Crippen molar-refractivity contribution in [1.29, 1.82) is 0 Å². The summed E-state index contributed by atoms with van der Waals surface area (Å²) in [6, 6.07) is 6.44. The fourth-order valence-electron chi connectivity index (χ4n) is 2.57. The molecule has 0 amide bonds. The largest absolute Gasteiger partial charge is 0.361 e. The molecule has 1 saturated heterocycles. The van der Waals surface area contributed by atoms with Gasteiger partial charge in [-0.15, -0.1) is 0 Å². The molecule has 1 unspecified atom stereocenters. The Labute approximate surface area is 104 Å². The number of fused-ring (bicyclic) bond motifs is 1. The van der Waals surface area contributed by atoms with Crippen molar-refractivity contribution in [1.82, 2.24) is 10.3 Å². The Morgan fingerprint density at radius 1 is 1.31 bits per heavy atom. The van der Waals surface area contributed by atoms with Crippen LogP contribution in [0.25, 0.3) is 10.9 Å². The van der Waals surface area contributed by atoms with Gasteiger partial charge in [0.2, 0.25) is 0 Å². The summed E-state index contributed by atoms with van der Waals surface area (Å²) in [5.74, 6) is 0.664. The second-order valence-electron chi connectivity index (χ2n) is 4.48. The molecule has 2 nitrogen and oxygen atoms in total. The second-order valence-corrected chi connectivity index (χ2v) is 5.39. The van der Waals surface area contributed by atoms with Crippen LogP contribution in [0.2, 0.25) is 0 Å². The molecular formula is C13H15BrN2. The second kappa shape index (κ2) is 4.22. The number of aromatic amines is 1. The Bertz CT molecular complexity index is 498. The molecule has 1 aromatic heterocycles. The molecule has 0 spiro atoms. The minimum atomic E-state index is 0.664. The molecule has 16 heavy (non-hydrogen) atoms. The van der Waals surface area contributed by atoms with E-state index in [2.05, 4.69) is 50.6 Å². The maximum absolute atomic E-state index is 3.55. The Morgan fingerprint density at radius 3 is 3.06 bits per heavy atom. The van der Waals surface area contributed by atoms with Crippen LogP contribution < -0.4 is 5.32 Å². The van der Waals surface area contributed by atoms with Crippen molar-refractivity contribution in [3.8, 4) is 0 Å². The van der Waals surface area contributed by atoms with Gasteiger partial charge in [-0.2, -0.15) is 0 Å². The van der Waals surface area contributed by atoms with E-state index in [9.17, 15) is 0 Å². The van der Waals surface area contributed by atoms with E-state index >= 15 is 0 Å². The normalized spacial score (nSPS) is 21.4. The van der Waals surface area contributed by atoms with E-state index in [0.29, 0.717) is 5.92 Å². The predicted octanol–water partition coefficient (Wildman–Crippen LogP) is 3.40. The minimum absolute atomic E-state index is 0.664. The SMILES string of the molecule is Brc1ccc2[nH]cc(C3CCCNC3)c2c1. The molecule has 3 heteroatoms. The molecule has 2 aromatic rings. The summed E-state index contributed by atoms with van der Waals surface area (Å²) in [5.41, 5.74) is 2.70. The van der Waals surface area contributed by atoms with Crippen molar-refractivity contribution in [3.05, 3.63) is 34.4 Å². The molecule has 1 aliphatic rings. The number of hydrogen-bond acceptors (Lipinski definition) is 1. The van der Waals surface area contributed by atoms with Crippen LogP contribution in [0.15, 0.2) is 28.9 Å². The summed E-state index contributed by atoms with van der Waals surface area (Å²) >= 11 is 3.55. The smallest absolute Gasteiger partial charge is 0.0457 e. The van der Waals surface area contributed by atoms with Gasteiger partial charge < -0.3 is 10.3 Å². The minimum Gasteiger partial charge on any atom is -0.361 e. The quantitative estimate of drug-likeness (QED) is 0.822. The zero-order chi connectivity index (χ0) is 11.0. The fourth-order valence-corrected chi connectivity index (χ4v) is 2.93. The monoisotopic (exact) mass is 278 g/mol. The van der Waals surface area contributed by atoms with Gasteiger partial charge in [0.05, 0.1) is 0 Å². The summed E-state index contributed by atoms with van der Waals surface area (Å²) in [6.07, 6.45) is 4.76. The van der Waals surface area contributed by atoms with Gasteiger partial charge in [-0.1, -0.05) is 15.9 Å². The average molecular weight is 279 g/mol. The van der Waals surface area contributed by atoms with Gasteiger partial charge in [-0.3, -0.25) is 0 Å². The molecule has 0 saturated carbocycles. The summed E-state index contributed by atoms with van der Waals surface area (Å²) in [6.45, 7) is 2.28. The zero-order valence-corrected chi connectivity index (χ0v) is 10.7. The molecule has 3 rings (SSSR count). The number of piperidine rings is 1. The van der Waals surface area contributed by atoms with E-state index < -0.39 is 0 Å². The van der Waals surface area contributed by atoms with Crippen LogP contribution in [0.3, 0.4) is 0 Å².